The van der Waals surface area contributed by atoms with Crippen molar-refractivity contribution in [3.63, 3.8) is 0 Å². The van der Waals surface area contributed by atoms with E-state index < -0.39 is 3.79 Å². The Bertz CT molecular complexity index is 737. The van der Waals surface area contributed by atoms with Gasteiger partial charge in [-0.05, 0) is 23.8 Å². The van der Waals surface area contributed by atoms with Gasteiger partial charge in [0.15, 0.2) is 11.6 Å². The maximum Gasteiger partial charge on any atom is 0.250 e. The zero-order chi connectivity index (χ0) is 19.0. The molecule has 0 aliphatic heterocycles. The van der Waals surface area contributed by atoms with Crippen LogP contribution in [0.25, 0.3) is 12.2 Å². The molecule has 0 atom stereocenters. The van der Waals surface area contributed by atoms with E-state index in [0.29, 0.717) is 11.6 Å². The number of alkyl halides is 3. The standard InChI is InChI=1S/C16H17Cl3N4O3/c17-16(18,19)14-21-13(22-15(23-14)20-7-8-24)6-3-11-1-4-12(5-2-11)26-10-9-25/h1-6,24-25H,7-10H2,(H,20,21,22,23). The first-order valence-corrected chi connectivity index (χ1v) is 8.75. The summed E-state index contributed by atoms with van der Waals surface area (Å²) in [5, 5.41) is 20.5. The molecule has 1 aromatic carbocycles. The molecular weight excluding hydrogens is 403 g/mol. The zero-order valence-corrected chi connectivity index (χ0v) is 15.8. The Kier molecular flexibility index (Phi) is 7.86. The molecule has 0 aliphatic rings. The van der Waals surface area contributed by atoms with Gasteiger partial charge in [-0.2, -0.15) is 9.97 Å². The highest BCUT2D eigenvalue weighted by Crippen LogP contribution is 2.36. The fourth-order valence-electron chi connectivity index (χ4n) is 1.85. The smallest absolute Gasteiger partial charge is 0.250 e. The minimum Gasteiger partial charge on any atom is -0.491 e. The highest BCUT2D eigenvalue weighted by atomic mass is 35.6. The topological polar surface area (TPSA) is 100 Å². The molecule has 0 unspecified atom stereocenters. The van der Waals surface area contributed by atoms with E-state index in [0.717, 1.165) is 5.56 Å². The van der Waals surface area contributed by atoms with Gasteiger partial charge in [0.25, 0.3) is 0 Å². The van der Waals surface area contributed by atoms with E-state index in [1.165, 1.54) is 0 Å². The second kappa shape index (κ2) is 9.89. The van der Waals surface area contributed by atoms with Crippen LogP contribution in [0.4, 0.5) is 5.95 Å². The van der Waals surface area contributed by atoms with Gasteiger partial charge in [-0.3, -0.25) is 0 Å². The Hall–Kier alpha value is -1.64. The van der Waals surface area contributed by atoms with Gasteiger partial charge in [-0.1, -0.05) is 53.0 Å². The van der Waals surface area contributed by atoms with E-state index in [9.17, 15) is 0 Å². The molecule has 140 valence electrons. The van der Waals surface area contributed by atoms with Crippen LogP contribution >= 0.6 is 34.8 Å². The van der Waals surface area contributed by atoms with Crippen molar-refractivity contribution in [3.8, 4) is 5.75 Å². The van der Waals surface area contributed by atoms with Crippen LogP contribution in [0.2, 0.25) is 0 Å². The number of halogens is 3. The van der Waals surface area contributed by atoms with Crippen molar-refractivity contribution in [3.05, 3.63) is 41.5 Å². The minimum atomic E-state index is -1.80. The first-order valence-electron chi connectivity index (χ1n) is 7.62. The zero-order valence-electron chi connectivity index (χ0n) is 13.6. The summed E-state index contributed by atoms with van der Waals surface area (Å²) < 4.78 is 3.50. The summed E-state index contributed by atoms with van der Waals surface area (Å²) in [6.45, 7) is 0.356. The number of ether oxygens (including phenoxy) is 1. The lowest BCUT2D eigenvalue weighted by molar-refractivity contribution is 0.201. The van der Waals surface area contributed by atoms with Gasteiger partial charge in [0.2, 0.25) is 9.74 Å². The monoisotopic (exact) mass is 418 g/mol. The molecule has 7 nitrogen and oxygen atoms in total. The van der Waals surface area contributed by atoms with E-state index in [4.69, 9.17) is 49.8 Å². The van der Waals surface area contributed by atoms with Crippen LogP contribution in [0.5, 0.6) is 5.75 Å². The van der Waals surface area contributed by atoms with Crippen molar-refractivity contribution in [1.82, 2.24) is 15.0 Å². The van der Waals surface area contributed by atoms with Crippen LogP contribution < -0.4 is 10.1 Å². The molecule has 1 heterocycles. The number of hydrogen-bond donors (Lipinski definition) is 3. The second-order valence-corrected chi connectivity index (χ2v) is 7.24. The number of rotatable bonds is 8. The third-order valence-corrected chi connectivity index (χ3v) is 3.47. The lowest BCUT2D eigenvalue weighted by Gasteiger charge is -2.11. The molecule has 2 rings (SSSR count). The lowest BCUT2D eigenvalue weighted by Crippen LogP contribution is -2.15. The van der Waals surface area contributed by atoms with Gasteiger partial charge in [0, 0.05) is 6.54 Å². The molecule has 0 aliphatic carbocycles. The average molecular weight is 420 g/mol. The lowest BCUT2D eigenvalue weighted by atomic mass is 10.2. The van der Waals surface area contributed by atoms with Crippen molar-refractivity contribution < 1.29 is 14.9 Å². The summed E-state index contributed by atoms with van der Waals surface area (Å²) in [5.41, 5.74) is 0.877. The molecule has 26 heavy (non-hydrogen) atoms. The molecule has 3 N–H and O–H groups in total. The fourth-order valence-corrected chi connectivity index (χ4v) is 2.10. The number of hydrogen-bond acceptors (Lipinski definition) is 7. The van der Waals surface area contributed by atoms with Gasteiger partial charge in [-0.15, -0.1) is 0 Å². The Labute approximate surface area is 165 Å². The molecule has 0 spiro atoms. The van der Waals surface area contributed by atoms with E-state index in [2.05, 4.69) is 20.3 Å². The van der Waals surface area contributed by atoms with E-state index in [1.807, 2.05) is 12.1 Å². The first kappa shape index (κ1) is 20.7. The highest BCUT2D eigenvalue weighted by molar-refractivity contribution is 6.66. The molecule has 0 bridgehead atoms. The predicted molar refractivity (Wildman–Crippen MR) is 103 cm³/mol. The number of nitrogens with one attached hydrogen (secondary N) is 1. The van der Waals surface area contributed by atoms with E-state index in [-0.39, 0.29) is 38.1 Å². The summed E-state index contributed by atoms with van der Waals surface area (Å²) in [6, 6.07) is 7.24. The van der Waals surface area contributed by atoms with Crippen molar-refractivity contribution >= 4 is 52.9 Å². The van der Waals surface area contributed by atoms with E-state index in [1.54, 1.807) is 24.3 Å². The molecule has 10 heteroatoms. The average Bonchev–Trinajstić information content (AvgIpc) is 2.63. The first-order chi connectivity index (χ1) is 12.4. The Balaban J connectivity index is 2.19. The number of nitrogens with zero attached hydrogens (tertiary/aromatic N) is 3. The van der Waals surface area contributed by atoms with Crippen molar-refractivity contribution in [2.24, 2.45) is 0 Å². The summed E-state index contributed by atoms with van der Waals surface area (Å²) in [4.78, 5) is 12.4. The van der Waals surface area contributed by atoms with Crippen LogP contribution in [0.1, 0.15) is 17.2 Å². The van der Waals surface area contributed by atoms with Gasteiger partial charge < -0.3 is 20.3 Å². The normalized spacial score (nSPS) is 11.7. The van der Waals surface area contributed by atoms with E-state index >= 15 is 0 Å². The molecule has 0 amide bonds. The predicted octanol–water partition coefficient (Wildman–Crippen LogP) is 2.64. The number of aliphatic hydroxyl groups is 2. The SMILES string of the molecule is OCCNc1nc(C=Cc2ccc(OCCO)cc2)nc(C(Cl)(Cl)Cl)n1. The third kappa shape index (κ3) is 6.59. The van der Waals surface area contributed by atoms with Crippen LogP contribution in [0, 0.1) is 0 Å². The molecular formula is C16H17Cl3N4O3. The third-order valence-electron chi connectivity index (χ3n) is 2.97. The number of aliphatic hydroxyl groups excluding tert-OH is 2. The molecule has 0 fully saturated rings. The van der Waals surface area contributed by atoms with Gasteiger partial charge in [0.05, 0.1) is 13.2 Å². The van der Waals surface area contributed by atoms with Crippen molar-refractivity contribution in [2.75, 3.05) is 31.7 Å². The molecule has 0 radical (unpaired) electrons. The minimum absolute atomic E-state index is 0.0228. The number of benzene rings is 1. The molecule has 0 saturated carbocycles. The maximum absolute atomic E-state index is 8.90. The second-order valence-electron chi connectivity index (χ2n) is 4.96. The summed E-state index contributed by atoms with van der Waals surface area (Å²) in [5.74, 6) is 1.13. The van der Waals surface area contributed by atoms with Crippen LogP contribution in [0.3, 0.4) is 0 Å². The number of anilines is 1. The number of aromatic nitrogens is 3. The van der Waals surface area contributed by atoms with Crippen LogP contribution in [-0.2, 0) is 3.79 Å². The maximum atomic E-state index is 8.90. The van der Waals surface area contributed by atoms with Crippen molar-refractivity contribution in [2.45, 2.75) is 3.79 Å². The molecule has 0 saturated heterocycles. The fraction of sp³-hybridized carbons (Fsp3) is 0.312. The van der Waals surface area contributed by atoms with Gasteiger partial charge in [0.1, 0.15) is 12.4 Å². The summed E-state index contributed by atoms with van der Waals surface area (Å²) >= 11 is 17.6. The Morgan fingerprint density at radius 3 is 2.35 bits per heavy atom. The quantitative estimate of drug-likeness (QED) is 0.565. The summed E-state index contributed by atoms with van der Waals surface area (Å²) in [6.07, 6.45) is 3.43. The Morgan fingerprint density at radius 2 is 1.73 bits per heavy atom. The summed E-state index contributed by atoms with van der Waals surface area (Å²) in [7, 11) is 0. The van der Waals surface area contributed by atoms with Crippen molar-refractivity contribution in [1.29, 1.82) is 0 Å². The molecule has 1 aromatic heterocycles. The molecule has 2 aromatic rings. The highest BCUT2D eigenvalue weighted by Gasteiger charge is 2.28. The van der Waals surface area contributed by atoms with Crippen LogP contribution in [-0.4, -0.2) is 51.5 Å². The largest absolute Gasteiger partial charge is 0.491 e. The Morgan fingerprint density at radius 1 is 1.00 bits per heavy atom. The van der Waals surface area contributed by atoms with Gasteiger partial charge in [-0.25, -0.2) is 4.98 Å². The van der Waals surface area contributed by atoms with Crippen LogP contribution in [0.15, 0.2) is 24.3 Å². The van der Waals surface area contributed by atoms with Gasteiger partial charge >= 0.3 is 0 Å².